The van der Waals surface area contributed by atoms with Gasteiger partial charge in [0.25, 0.3) is 5.69 Å². The maximum absolute atomic E-state index is 10.8. The smallest absolute Gasteiger partial charge is 0.271 e. The molecule has 0 atom stereocenters. The first-order chi connectivity index (χ1) is 8.56. The number of non-ortho nitro benzene ring substituents is 1. The van der Waals surface area contributed by atoms with Gasteiger partial charge in [-0.25, -0.2) is 4.98 Å². The van der Waals surface area contributed by atoms with Gasteiger partial charge in [0.1, 0.15) is 0 Å². The van der Waals surface area contributed by atoms with E-state index in [4.69, 9.17) is 0 Å². The van der Waals surface area contributed by atoms with E-state index >= 15 is 0 Å². The molecule has 0 unspecified atom stereocenters. The predicted octanol–water partition coefficient (Wildman–Crippen LogP) is 3.28. The van der Waals surface area contributed by atoms with Crippen molar-refractivity contribution in [3.05, 3.63) is 50.0 Å². The Bertz CT molecular complexity index is 580. The van der Waals surface area contributed by atoms with Crippen LogP contribution >= 0.6 is 11.3 Å². The van der Waals surface area contributed by atoms with Gasteiger partial charge in [0, 0.05) is 22.7 Å². The molecule has 1 aromatic carbocycles. The van der Waals surface area contributed by atoms with Crippen LogP contribution in [0.25, 0.3) is 0 Å². The summed E-state index contributed by atoms with van der Waals surface area (Å²) in [6.45, 7) is 4.43. The van der Waals surface area contributed by atoms with Crippen LogP contribution < -0.4 is 5.32 Å². The zero-order valence-electron chi connectivity index (χ0n) is 10.1. The number of rotatable bonds is 4. The van der Waals surface area contributed by atoms with Crippen molar-refractivity contribution < 1.29 is 4.92 Å². The minimum Gasteiger partial charge on any atom is -0.380 e. The van der Waals surface area contributed by atoms with E-state index < -0.39 is 0 Å². The summed E-state index contributed by atoms with van der Waals surface area (Å²) in [5.41, 5.74) is 4.53. The Morgan fingerprint density at radius 1 is 1.39 bits per heavy atom. The first-order valence-electron chi connectivity index (χ1n) is 5.45. The van der Waals surface area contributed by atoms with Crippen LogP contribution in [-0.4, -0.2) is 9.91 Å². The summed E-state index contributed by atoms with van der Waals surface area (Å²) in [6.07, 6.45) is 0. The van der Waals surface area contributed by atoms with Crippen molar-refractivity contribution in [2.24, 2.45) is 0 Å². The number of thiazole rings is 1. The second-order valence-corrected chi connectivity index (χ2v) is 4.97. The predicted molar refractivity (Wildman–Crippen MR) is 72.0 cm³/mol. The van der Waals surface area contributed by atoms with Gasteiger partial charge in [-0.2, -0.15) is 0 Å². The van der Waals surface area contributed by atoms with Crippen LogP contribution in [-0.2, 0) is 6.54 Å². The molecule has 0 spiro atoms. The first-order valence-corrected chi connectivity index (χ1v) is 6.33. The minimum atomic E-state index is -0.379. The third-order valence-electron chi connectivity index (χ3n) is 2.57. The van der Waals surface area contributed by atoms with Crippen LogP contribution in [0.1, 0.15) is 16.1 Å². The molecule has 1 aromatic heterocycles. The molecule has 0 aliphatic rings. The molecule has 0 radical (unpaired) electrons. The number of hydrogen-bond acceptors (Lipinski definition) is 5. The highest BCUT2D eigenvalue weighted by Gasteiger charge is 2.08. The minimum absolute atomic E-state index is 0.110. The van der Waals surface area contributed by atoms with Gasteiger partial charge < -0.3 is 5.32 Å². The van der Waals surface area contributed by atoms with Crippen LogP contribution in [0.5, 0.6) is 0 Å². The molecule has 5 nitrogen and oxygen atoms in total. The van der Waals surface area contributed by atoms with Gasteiger partial charge in [-0.1, -0.05) is 0 Å². The lowest BCUT2D eigenvalue weighted by atomic mass is 10.2. The summed E-state index contributed by atoms with van der Waals surface area (Å²) in [5, 5.41) is 14.0. The van der Waals surface area contributed by atoms with E-state index in [-0.39, 0.29) is 10.6 Å². The third kappa shape index (κ3) is 2.84. The largest absolute Gasteiger partial charge is 0.380 e. The molecular formula is C12H13N3O2S. The molecule has 0 bridgehead atoms. The average Bonchev–Trinajstić information content (AvgIpc) is 2.71. The van der Waals surface area contributed by atoms with Crippen LogP contribution in [0, 0.1) is 24.0 Å². The van der Waals surface area contributed by atoms with E-state index in [1.165, 1.54) is 0 Å². The molecule has 6 heteroatoms. The topological polar surface area (TPSA) is 68.1 Å². The number of nitro benzene ring substituents is 1. The average molecular weight is 263 g/mol. The molecule has 0 amide bonds. The summed E-state index contributed by atoms with van der Waals surface area (Å²) < 4.78 is 0. The van der Waals surface area contributed by atoms with Crippen molar-refractivity contribution >= 4 is 22.7 Å². The van der Waals surface area contributed by atoms with Crippen molar-refractivity contribution in [2.75, 3.05) is 5.32 Å². The number of anilines is 1. The molecule has 18 heavy (non-hydrogen) atoms. The molecule has 0 aliphatic heterocycles. The second-order valence-electron chi connectivity index (χ2n) is 4.03. The van der Waals surface area contributed by atoms with Crippen molar-refractivity contribution in [1.29, 1.82) is 0 Å². The number of aryl methyl sites for hydroxylation is 2. The Kier molecular flexibility index (Phi) is 3.57. The number of nitrogens with one attached hydrogen (secondary N) is 1. The molecule has 2 aromatic rings. The highest BCUT2D eigenvalue weighted by atomic mass is 32.1. The van der Waals surface area contributed by atoms with Crippen molar-refractivity contribution in [1.82, 2.24) is 4.98 Å². The Balaban J connectivity index is 2.14. The summed E-state index contributed by atoms with van der Waals surface area (Å²) in [6, 6.07) is 5.00. The van der Waals surface area contributed by atoms with Crippen LogP contribution in [0.4, 0.5) is 11.4 Å². The van der Waals surface area contributed by atoms with Gasteiger partial charge in [0.2, 0.25) is 0 Å². The Hall–Kier alpha value is -1.95. The molecule has 0 aliphatic carbocycles. The second kappa shape index (κ2) is 5.14. The zero-order chi connectivity index (χ0) is 13.1. The van der Waals surface area contributed by atoms with E-state index in [1.54, 1.807) is 29.0 Å². The summed E-state index contributed by atoms with van der Waals surface area (Å²) in [4.78, 5) is 15.7. The number of aromatic nitrogens is 1. The van der Waals surface area contributed by atoms with E-state index in [1.807, 2.05) is 19.9 Å². The van der Waals surface area contributed by atoms with Gasteiger partial charge in [-0.3, -0.25) is 10.1 Å². The quantitative estimate of drug-likeness (QED) is 0.679. The van der Waals surface area contributed by atoms with Gasteiger partial charge in [-0.05, 0) is 25.5 Å². The number of nitrogens with zero attached hydrogens (tertiary/aromatic N) is 2. The maximum Gasteiger partial charge on any atom is 0.271 e. The summed E-state index contributed by atoms with van der Waals surface area (Å²) >= 11 is 1.58. The zero-order valence-corrected chi connectivity index (χ0v) is 11.0. The molecule has 0 fully saturated rings. The third-order valence-corrected chi connectivity index (χ3v) is 3.51. The van der Waals surface area contributed by atoms with Crippen LogP contribution in [0.15, 0.2) is 23.7 Å². The molecular weight excluding hydrogens is 250 g/mol. The standard InChI is InChI=1S/C12H13N3O2S/c1-8-3-10(5-11(4-8)15(16)17)13-6-12-9(2)14-7-18-12/h3-5,7,13H,6H2,1-2H3. The normalized spacial score (nSPS) is 10.3. The monoisotopic (exact) mass is 263 g/mol. The number of nitro groups is 1. The van der Waals surface area contributed by atoms with E-state index in [9.17, 15) is 10.1 Å². The Morgan fingerprint density at radius 2 is 2.17 bits per heavy atom. The van der Waals surface area contributed by atoms with Gasteiger partial charge in [0.05, 0.1) is 22.7 Å². The molecule has 1 N–H and O–H groups in total. The first kappa shape index (κ1) is 12.5. The maximum atomic E-state index is 10.8. The fourth-order valence-corrected chi connectivity index (χ4v) is 2.37. The molecule has 0 saturated heterocycles. The highest BCUT2D eigenvalue weighted by Crippen LogP contribution is 2.22. The summed E-state index contributed by atoms with van der Waals surface area (Å²) in [7, 11) is 0. The van der Waals surface area contributed by atoms with E-state index in [2.05, 4.69) is 10.3 Å². The van der Waals surface area contributed by atoms with E-state index in [0.717, 1.165) is 21.8 Å². The SMILES string of the molecule is Cc1cc(NCc2scnc2C)cc([N+](=O)[O-])c1. The van der Waals surface area contributed by atoms with Gasteiger partial charge in [-0.15, -0.1) is 11.3 Å². The fourth-order valence-electron chi connectivity index (χ4n) is 1.65. The lowest BCUT2D eigenvalue weighted by Gasteiger charge is -2.06. The lowest BCUT2D eigenvalue weighted by molar-refractivity contribution is -0.384. The molecule has 0 saturated carbocycles. The lowest BCUT2D eigenvalue weighted by Crippen LogP contribution is -2.00. The van der Waals surface area contributed by atoms with E-state index in [0.29, 0.717) is 6.54 Å². The number of benzene rings is 1. The molecule has 94 valence electrons. The van der Waals surface area contributed by atoms with Crippen molar-refractivity contribution in [2.45, 2.75) is 20.4 Å². The fraction of sp³-hybridized carbons (Fsp3) is 0.250. The highest BCUT2D eigenvalue weighted by molar-refractivity contribution is 7.09. The van der Waals surface area contributed by atoms with Crippen LogP contribution in [0.3, 0.4) is 0 Å². The molecule has 2 rings (SSSR count). The molecule has 1 heterocycles. The Labute approximate surface area is 109 Å². The van der Waals surface area contributed by atoms with Crippen molar-refractivity contribution in [3.8, 4) is 0 Å². The number of hydrogen-bond donors (Lipinski definition) is 1. The van der Waals surface area contributed by atoms with Gasteiger partial charge >= 0.3 is 0 Å². The van der Waals surface area contributed by atoms with Crippen LogP contribution in [0.2, 0.25) is 0 Å². The summed E-state index contributed by atoms with van der Waals surface area (Å²) in [5.74, 6) is 0. The van der Waals surface area contributed by atoms with Gasteiger partial charge in [0.15, 0.2) is 0 Å². The van der Waals surface area contributed by atoms with Crippen molar-refractivity contribution in [3.63, 3.8) is 0 Å². The Morgan fingerprint density at radius 3 is 2.78 bits per heavy atom.